The molecule has 0 bridgehead atoms. The van der Waals surface area contributed by atoms with Gasteiger partial charge >= 0.3 is 55.4 Å². The van der Waals surface area contributed by atoms with Crippen molar-refractivity contribution in [2.75, 3.05) is 0 Å². The molecule has 35 heavy (non-hydrogen) atoms. The van der Waals surface area contributed by atoms with E-state index in [0.29, 0.717) is 15.9 Å². The van der Waals surface area contributed by atoms with E-state index in [-0.39, 0.29) is 25.0 Å². The molecule has 7 heteroatoms. The van der Waals surface area contributed by atoms with Crippen molar-refractivity contribution in [3.8, 4) is 28.3 Å². The number of carbonyl (C=O) groups is 1. The molecule has 0 saturated carbocycles. The predicted octanol–water partition coefficient (Wildman–Crippen LogP) is 8.17. The van der Waals surface area contributed by atoms with Crippen LogP contribution in [0.2, 0.25) is 0 Å². The van der Waals surface area contributed by atoms with Gasteiger partial charge in [-0.1, -0.05) is 109 Å². The second-order valence-electron chi connectivity index (χ2n) is 7.10. The van der Waals surface area contributed by atoms with Crippen LogP contribution in [0.15, 0.2) is 109 Å². The van der Waals surface area contributed by atoms with Gasteiger partial charge < -0.3 is 5.11 Å². The molecule has 176 valence electrons. The molecule has 4 rings (SSSR count). The number of hydrogen-bond donors (Lipinski definition) is 1. The quantitative estimate of drug-likeness (QED) is 0.209. The fourth-order valence-electron chi connectivity index (χ4n) is 3.16. The molecule has 0 aliphatic heterocycles. The van der Waals surface area contributed by atoms with E-state index in [2.05, 4.69) is 70.3 Å². The molecule has 4 aromatic rings. The summed E-state index contributed by atoms with van der Waals surface area (Å²) >= 11 is 4.74. The van der Waals surface area contributed by atoms with Gasteiger partial charge in [0.1, 0.15) is 0 Å². The Morgan fingerprint density at radius 3 is 1.37 bits per heavy atom. The number of rotatable bonds is 5. The molecule has 0 saturated heterocycles. The maximum absolute atomic E-state index is 10.5. The number of halogens is 2. The van der Waals surface area contributed by atoms with Crippen molar-refractivity contribution in [3.63, 3.8) is 0 Å². The van der Waals surface area contributed by atoms with Crippen LogP contribution in [0.25, 0.3) is 22.3 Å². The summed E-state index contributed by atoms with van der Waals surface area (Å²) in [6.07, 6.45) is 0.560. The van der Waals surface area contributed by atoms with Gasteiger partial charge in [0.15, 0.2) is 0 Å². The van der Waals surface area contributed by atoms with Crippen molar-refractivity contribution in [1.29, 1.82) is 5.26 Å². The molecule has 0 spiro atoms. The molecular formula is C28H23I2NO2V2. The van der Waals surface area contributed by atoms with Crippen LogP contribution in [0.3, 0.4) is 0 Å². The van der Waals surface area contributed by atoms with E-state index in [1.165, 1.54) is 11.1 Å². The molecule has 0 unspecified atom stereocenters. The number of hydrogen-bond acceptors (Lipinski definition) is 2. The van der Waals surface area contributed by atoms with Gasteiger partial charge in [0.25, 0.3) is 0 Å². The second kappa shape index (κ2) is 18.7. The third-order valence-corrected chi connectivity index (χ3v) is 4.76. The van der Waals surface area contributed by atoms with E-state index in [0.717, 1.165) is 22.3 Å². The molecule has 0 aliphatic rings. The fourth-order valence-corrected chi connectivity index (χ4v) is 3.16. The van der Waals surface area contributed by atoms with Crippen LogP contribution in [-0.4, -0.2) is 11.1 Å². The number of nitriles is 1. The van der Waals surface area contributed by atoms with Crippen molar-refractivity contribution < 1.29 is 37.9 Å². The largest absolute Gasteiger partial charge is 0 e. The summed E-state index contributed by atoms with van der Waals surface area (Å²) in [6, 6.07) is 38.1. The smallest absolute Gasteiger partial charge is 0 e. The Bertz CT molecular complexity index is 1170. The molecule has 0 amide bonds. The maximum atomic E-state index is 10.5. The van der Waals surface area contributed by atoms with Crippen LogP contribution >= 0.6 is 40.0 Å². The fraction of sp³-hybridized carbons (Fsp3) is 0.0714. The van der Waals surface area contributed by atoms with Crippen LogP contribution in [0.5, 0.6) is 0 Å². The Balaban J connectivity index is 0.000000308. The summed E-state index contributed by atoms with van der Waals surface area (Å²) in [5.41, 5.74) is 6.54. The number of carboxylic acid groups (broad SMARTS) is 1. The second-order valence-corrected chi connectivity index (χ2v) is 18.9. The first kappa shape index (κ1) is 31.5. The first-order chi connectivity index (χ1) is 16.6. The average Bonchev–Trinajstić information content (AvgIpc) is 2.87. The summed E-state index contributed by atoms with van der Waals surface area (Å²) in [6.45, 7) is 0. The van der Waals surface area contributed by atoms with Crippen LogP contribution < -0.4 is 0 Å². The number of carboxylic acids is 1. The third-order valence-electron chi connectivity index (χ3n) is 4.76. The van der Waals surface area contributed by atoms with Gasteiger partial charge in [0.2, 0.25) is 0 Å². The molecule has 4 aromatic carbocycles. The van der Waals surface area contributed by atoms with Crippen LogP contribution in [-0.2, 0) is 45.7 Å². The average molecular weight is 761 g/mol. The molecule has 0 fully saturated rings. The monoisotopic (exact) mass is 761 g/mol. The van der Waals surface area contributed by atoms with Gasteiger partial charge in [-0.3, -0.25) is 4.79 Å². The first-order valence-electron chi connectivity index (χ1n) is 10.4. The summed E-state index contributed by atoms with van der Waals surface area (Å²) in [5.74, 6) is -0.799. The summed E-state index contributed by atoms with van der Waals surface area (Å²) in [4.78, 5) is 10.5. The van der Waals surface area contributed by atoms with Gasteiger partial charge in [0, 0.05) is 18.6 Å². The van der Waals surface area contributed by atoms with Crippen LogP contribution in [0.4, 0.5) is 0 Å². The molecule has 0 aliphatic carbocycles. The van der Waals surface area contributed by atoms with Gasteiger partial charge in [-0.15, -0.1) is 0 Å². The Kier molecular flexibility index (Phi) is 16.8. The van der Waals surface area contributed by atoms with E-state index >= 15 is 0 Å². The first-order valence-corrected chi connectivity index (χ1v) is 19.4. The standard InChI is InChI=1S/C14H11N.C14H12O2.2HI.2V/c15-11-10-12-6-8-14(9-7-12)13-4-2-1-3-5-13;15-14(16)10-11-6-8-13(9-7-11)12-4-2-1-3-5-12;;;;/h1-9H,10H2;1-9H,10H2,(H,15,16);2*1H;;/q;;;;;+2/p-2. The van der Waals surface area contributed by atoms with Gasteiger partial charge in [0.05, 0.1) is 18.9 Å². The zero-order chi connectivity index (χ0) is 24.6. The number of nitrogens with zero attached hydrogens (tertiary/aromatic N) is 1. The molecular weight excluding hydrogens is 738 g/mol. The molecule has 1 radical (unpaired) electrons. The Morgan fingerprint density at radius 2 is 1.03 bits per heavy atom. The summed E-state index contributed by atoms with van der Waals surface area (Å²) < 4.78 is 0. The minimum atomic E-state index is -0.799. The minimum Gasteiger partial charge on any atom is 0 e. The zero-order valence-corrected chi connectivity index (χ0v) is 25.9. The van der Waals surface area contributed by atoms with Crippen molar-refractivity contribution in [2.24, 2.45) is 0 Å². The molecule has 0 atom stereocenters. The Morgan fingerprint density at radius 1 is 0.686 bits per heavy atom. The Labute approximate surface area is 248 Å². The normalized spacial score (nSPS) is 9.06. The topological polar surface area (TPSA) is 61.1 Å². The third kappa shape index (κ3) is 12.3. The Hall–Kier alpha value is -1.53. The minimum absolute atomic E-state index is 0. The maximum Gasteiger partial charge on any atom is 0 e. The van der Waals surface area contributed by atoms with Crippen molar-refractivity contribution in [1.82, 2.24) is 0 Å². The SMILES string of the molecule is N#CCc1ccc(-c2ccccc2)cc1.O=C(O)Cc1ccc(-c2ccccc2)cc1.[I][V][I].[V]. The molecule has 0 aromatic heterocycles. The number of aliphatic carboxylic acids is 1. The van der Waals surface area contributed by atoms with Crippen molar-refractivity contribution >= 4 is 45.9 Å². The molecule has 0 heterocycles. The van der Waals surface area contributed by atoms with Crippen molar-refractivity contribution in [3.05, 3.63) is 120 Å². The molecule has 3 nitrogen and oxygen atoms in total. The summed E-state index contributed by atoms with van der Waals surface area (Å²) in [5, 5.41) is 17.2. The van der Waals surface area contributed by atoms with Crippen LogP contribution in [0.1, 0.15) is 11.1 Å². The summed E-state index contributed by atoms with van der Waals surface area (Å²) in [7, 11) is 0.628. The van der Waals surface area contributed by atoms with E-state index in [1.807, 2.05) is 84.9 Å². The van der Waals surface area contributed by atoms with Gasteiger partial charge in [-0.25, -0.2) is 0 Å². The van der Waals surface area contributed by atoms with E-state index in [4.69, 9.17) is 10.4 Å². The van der Waals surface area contributed by atoms with Crippen LogP contribution in [0, 0.1) is 11.3 Å². The van der Waals surface area contributed by atoms with E-state index in [1.54, 1.807) is 0 Å². The van der Waals surface area contributed by atoms with Crippen molar-refractivity contribution in [2.45, 2.75) is 12.8 Å². The van der Waals surface area contributed by atoms with E-state index < -0.39 is 5.97 Å². The van der Waals surface area contributed by atoms with Gasteiger partial charge in [-0.05, 0) is 33.4 Å². The number of benzene rings is 4. The molecule has 1 N–H and O–H groups in total. The zero-order valence-electron chi connectivity index (χ0n) is 18.8. The van der Waals surface area contributed by atoms with Gasteiger partial charge in [-0.2, -0.15) is 5.26 Å². The van der Waals surface area contributed by atoms with E-state index in [9.17, 15) is 4.79 Å². The predicted molar refractivity (Wildman–Crippen MR) is 152 cm³/mol.